The lowest BCUT2D eigenvalue weighted by Gasteiger charge is -2.01. The van der Waals surface area contributed by atoms with Gasteiger partial charge in [0.1, 0.15) is 12.0 Å². The summed E-state index contributed by atoms with van der Waals surface area (Å²) in [5.41, 5.74) is -0.134. The summed E-state index contributed by atoms with van der Waals surface area (Å²) < 4.78 is 5.94. The van der Waals surface area contributed by atoms with E-state index in [1.807, 2.05) is 0 Å². The summed E-state index contributed by atoms with van der Waals surface area (Å²) in [5.74, 6) is -2.24. The van der Waals surface area contributed by atoms with Crippen molar-refractivity contribution >= 4 is 38.7 Å². The monoisotopic (exact) mass is 310 g/mol. The highest BCUT2D eigenvalue weighted by molar-refractivity contribution is 9.10. The molecule has 18 heavy (non-hydrogen) atoms. The number of hydrogen-bond donors (Lipinski definition) is 1. The third kappa shape index (κ3) is 2.48. The van der Waals surface area contributed by atoms with E-state index in [0.29, 0.717) is 9.86 Å². The third-order valence-electron chi connectivity index (χ3n) is 2.28. The first-order valence-electron chi connectivity index (χ1n) is 4.96. The number of carboxylic acid groups (broad SMARTS) is 1. The number of Topliss-reactive ketones (excluding diaryl/α,β-unsaturated/α-hetero) is 1. The Hall–Kier alpha value is -1.95. The smallest absolute Gasteiger partial charge is 0.311 e. The van der Waals surface area contributed by atoms with Crippen LogP contribution < -0.4 is 5.43 Å². The van der Waals surface area contributed by atoms with Gasteiger partial charge in [-0.05, 0) is 18.2 Å². The van der Waals surface area contributed by atoms with Gasteiger partial charge in [0.05, 0.1) is 5.39 Å². The number of halogens is 1. The lowest BCUT2D eigenvalue weighted by atomic mass is 10.1. The van der Waals surface area contributed by atoms with Crippen LogP contribution >= 0.6 is 15.9 Å². The van der Waals surface area contributed by atoms with Gasteiger partial charge in [-0.25, -0.2) is 0 Å². The molecule has 1 heterocycles. The molecule has 0 spiro atoms. The quantitative estimate of drug-likeness (QED) is 0.694. The Balaban J connectivity index is 2.56. The summed E-state index contributed by atoms with van der Waals surface area (Å²) >= 11 is 3.22. The predicted octanol–water partition coefficient (Wildman–Crippen LogP) is 2.21. The zero-order chi connectivity index (χ0) is 13.3. The minimum Gasteiger partial charge on any atom is -0.481 e. The van der Waals surface area contributed by atoms with Crippen LogP contribution in [0.25, 0.3) is 11.0 Å². The van der Waals surface area contributed by atoms with Gasteiger partial charge in [-0.3, -0.25) is 14.4 Å². The number of fused-ring (bicyclic) bond motifs is 1. The second kappa shape index (κ2) is 4.73. The maximum absolute atomic E-state index is 11.8. The van der Waals surface area contributed by atoms with E-state index in [9.17, 15) is 14.4 Å². The van der Waals surface area contributed by atoms with Gasteiger partial charge in [-0.2, -0.15) is 0 Å². The molecule has 0 saturated heterocycles. The van der Waals surface area contributed by atoms with Crippen LogP contribution in [0.15, 0.2) is 37.9 Å². The molecule has 0 saturated carbocycles. The summed E-state index contributed by atoms with van der Waals surface area (Å²) in [6.45, 7) is 0. The maximum Gasteiger partial charge on any atom is 0.311 e. The minimum absolute atomic E-state index is 0.239. The van der Waals surface area contributed by atoms with E-state index < -0.39 is 18.2 Å². The van der Waals surface area contributed by atoms with Gasteiger partial charge in [-0.1, -0.05) is 15.9 Å². The number of hydrogen-bond acceptors (Lipinski definition) is 4. The number of aliphatic carboxylic acids is 1. The average Bonchev–Trinajstić information content (AvgIpc) is 2.29. The number of carbonyl (C=O) groups is 2. The second-order valence-corrected chi connectivity index (χ2v) is 4.52. The standard InChI is InChI=1S/C12H7BrO5/c13-6-1-2-10-7(3-6)8(14)4-11(18-10)9(15)5-12(16)17/h1-4H,5H2,(H,16,17). The number of carbonyl (C=O) groups excluding carboxylic acids is 1. The molecule has 92 valence electrons. The lowest BCUT2D eigenvalue weighted by Crippen LogP contribution is -2.10. The summed E-state index contributed by atoms with van der Waals surface area (Å²) in [6, 6.07) is 5.79. The van der Waals surface area contributed by atoms with Crippen LogP contribution in [0.4, 0.5) is 0 Å². The Morgan fingerprint density at radius 2 is 2.00 bits per heavy atom. The van der Waals surface area contributed by atoms with E-state index >= 15 is 0 Å². The minimum atomic E-state index is -1.27. The molecule has 1 N–H and O–H groups in total. The molecule has 0 unspecified atom stereocenters. The van der Waals surface area contributed by atoms with Crippen LogP contribution in [0, 0.1) is 0 Å². The van der Waals surface area contributed by atoms with Crippen molar-refractivity contribution in [3.8, 4) is 0 Å². The summed E-state index contributed by atoms with van der Waals surface area (Å²) in [4.78, 5) is 33.7. The zero-order valence-corrected chi connectivity index (χ0v) is 10.6. The van der Waals surface area contributed by atoms with Crippen molar-refractivity contribution in [2.45, 2.75) is 6.42 Å². The fourth-order valence-electron chi connectivity index (χ4n) is 1.49. The van der Waals surface area contributed by atoms with Crippen molar-refractivity contribution < 1.29 is 19.1 Å². The Labute approximate surface area is 109 Å². The molecule has 0 radical (unpaired) electrons. The van der Waals surface area contributed by atoms with Crippen LogP contribution in [0.5, 0.6) is 0 Å². The molecule has 0 amide bonds. The first-order chi connectivity index (χ1) is 8.47. The fourth-order valence-corrected chi connectivity index (χ4v) is 1.85. The highest BCUT2D eigenvalue weighted by atomic mass is 79.9. The molecule has 6 heteroatoms. The van der Waals surface area contributed by atoms with Crippen LogP contribution in [0.3, 0.4) is 0 Å². The fraction of sp³-hybridized carbons (Fsp3) is 0.0833. The van der Waals surface area contributed by atoms with E-state index in [2.05, 4.69) is 15.9 Å². The number of benzene rings is 1. The van der Waals surface area contributed by atoms with Gasteiger partial charge < -0.3 is 9.52 Å². The van der Waals surface area contributed by atoms with Crippen molar-refractivity contribution in [2.24, 2.45) is 0 Å². The first kappa shape index (κ1) is 12.5. The number of carboxylic acids is 1. The molecule has 1 aromatic carbocycles. The Morgan fingerprint density at radius 3 is 2.67 bits per heavy atom. The third-order valence-corrected chi connectivity index (χ3v) is 2.77. The van der Waals surface area contributed by atoms with Crippen molar-refractivity contribution in [3.05, 3.63) is 44.7 Å². The molecule has 0 bridgehead atoms. The van der Waals surface area contributed by atoms with Gasteiger partial charge in [0.2, 0.25) is 5.78 Å². The van der Waals surface area contributed by atoms with Crippen molar-refractivity contribution in [3.63, 3.8) is 0 Å². The van der Waals surface area contributed by atoms with Gasteiger partial charge in [0.15, 0.2) is 11.2 Å². The topological polar surface area (TPSA) is 84.6 Å². The highest BCUT2D eigenvalue weighted by Gasteiger charge is 2.15. The Morgan fingerprint density at radius 1 is 1.28 bits per heavy atom. The molecule has 0 aliphatic rings. The molecular formula is C12H7BrO5. The molecule has 0 fully saturated rings. The second-order valence-electron chi connectivity index (χ2n) is 3.61. The SMILES string of the molecule is O=C(O)CC(=O)c1cc(=O)c2cc(Br)ccc2o1. The van der Waals surface area contributed by atoms with E-state index in [1.165, 1.54) is 0 Å². The highest BCUT2D eigenvalue weighted by Crippen LogP contribution is 2.18. The molecule has 5 nitrogen and oxygen atoms in total. The summed E-state index contributed by atoms with van der Waals surface area (Å²) in [6.07, 6.45) is -0.703. The van der Waals surface area contributed by atoms with E-state index in [1.54, 1.807) is 18.2 Å². The zero-order valence-electron chi connectivity index (χ0n) is 8.97. The normalized spacial score (nSPS) is 10.5. The predicted molar refractivity (Wildman–Crippen MR) is 66.8 cm³/mol. The molecule has 1 aromatic heterocycles. The molecule has 0 aliphatic heterocycles. The average molecular weight is 311 g/mol. The molecule has 2 rings (SSSR count). The number of ketones is 1. The van der Waals surface area contributed by atoms with E-state index in [4.69, 9.17) is 9.52 Å². The first-order valence-corrected chi connectivity index (χ1v) is 5.75. The van der Waals surface area contributed by atoms with Gasteiger partial charge in [-0.15, -0.1) is 0 Å². The van der Waals surface area contributed by atoms with Crippen molar-refractivity contribution in [1.29, 1.82) is 0 Å². The summed E-state index contributed by atoms with van der Waals surface area (Å²) in [5, 5.41) is 8.85. The molecule has 2 aromatic rings. The van der Waals surface area contributed by atoms with E-state index in [-0.39, 0.29) is 16.8 Å². The molecule has 0 aliphatic carbocycles. The lowest BCUT2D eigenvalue weighted by molar-refractivity contribution is -0.135. The van der Waals surface area contributed by atoms with Gasteiger partial charge in [0.25, 0.3) is 0 Å². The largest absolute Gasteiger partial charge is 0.481 e. The van der Waals surface area contributed by atoms with Crippen molar-refractivity contribution in [1.82, 2.24) is 0 Å². The van der Waals surface area contributed by atoms with Crippen LogP contribution in [0.1, 0.15) is 17.0 Å². The van der Waals surface area contributed by atoms with Gasteiger partial charge >= 0.3 is 5.97 Å². The summed E-state index contributed by atoms with van der Waals surface area (Å²) in [7, 11) is 0. The van der Waals surface area contributed by atoms with Crippen LogP contribution in [-0.2, 0) is 4.79 Å². The Kier molecular flexibility index (Phi) is 3.29. The van der Waals surface area contributed by atoms with E-state index in [0.717, 1.165) is 6.07 Å². The molecular weight excluding hydrogens is 304 g/mol. The maximum atomic E-state index is 11.8. The van der Waals surface area contributed by atoms with Crippen molar-refractivity contribution in [2.75, 3.05) is 0 Å². The van der Waals surface area contributed by atoms with Gasteiger partial charge in [0, 0.05) is 10.5 Å². The molecule has 0 atom stereocenters. The number of rotatable bonds is 3. The van der Waals surface area contributed by atoms with Crippen LogP contribution in [-0.4, -0.2) is 16.9 Å². The Bertz CT molecular complexity index is 701. The van der Waals surface area contributed by atoms with Crippen LogP contribution in [0.2, 0.25) is 0 Å².